The molecule has 1 unspecified atom stereocenters. The third-order valence-corrected chi connectivity index (χ3v) is 2.09. The Kier molecular flexibility index (Phi) is 4.27. The van der Waals surface area contributed by atoms with Crippen molar-refractivity contribution >= 4 is 23.3 Å². The van der Waals surface area contributed by atoms with Gasteiger partial charge in [0.25, 0.3) is 11.4 Å². The van der Waals surface area contributed by atoms with Gasteiger partial charge in [0, 0.05) is 12.6 Å². The van der Waals surface area contributed by atoms with Gasteiger partial charge in [0.05, 0.1) is 22.0 Å². The lowest BCUT2D eigenvalue weighted by atomic mass is 10.2. The highest BCUT2D eigenvalue weighted by Gasteiger charge is 2.19. The number of nitrogens with two attached hydrogens (primary N) is 1. The number of carbonyl (C=O) groups excluding carboxylic acids is 1. The van der Waals surface area contributed by atoms with Gasteiger partial charge in [0.15, 0.2) is 0 Å². The molecule has 0 aliphatic heterocycles. The van der Waals surface area contributed by atoms with E-state index in [1.807, 2.05) is 0 Å². The molecule has 0 fully saturated rings. The van der Waals surface area contributed by atoms with Gasteiger partial charge in [-0.3, -0.25) is 20.2 Å². The van der Waals surface area contributed by atoms with Crippen molar-refractivity contribution < 1.29 is 14.6 Å². The Bertz CT molecular complexity index is 490. The van der Waals surface area contributed by atoms with Crippen LogP contribution in [-0.2, 0) is 4.79 Å². The van der Waals surface area contributed by atoms with Crippen molar-refractivity contribution in [2.75, 3.05) is 11.9 Å². The van der Waals surface area contributed by atoms with Gasteiger partial charge < -0.3 is 15.8 Å². The van der Waals surface area contributed by atoms with Crippen LogP contribution in [0.1, 0.15) is 0 Å². The number of aldehydes is 1. The molecule has 1 rings (SSSR count). The summed E-state index contributed by atoms with van der Waals surface area (Å²) in [5.74, 6) is 0. The second-order valence-electron chi connectivity index (χ2n) is 3.40. The molecule has 0 saturated heterocycles. The maximum atomic E-state index is 10.8. The molecule has 0 heterocycles. The molecule has 1 aromatic carbocycles. The van der Waals surface area contributed by atoms with Crippen molar-refractivity contribution in [1.29, 1.82) is 0 Å². The number of nitrogens with one attached hydrogen (secondary N) is 1. The smallest absolute Gasteiger partial charge is 0.299 e. The highest BCUT2D eigenvalue weighted by Crippen LogP contribution is 2.28. The molecule has 0 amide bonds. The molecule has 1 atom stereocenters. The Labute approximate surface area is 101 Å². The summed E-state index contributed by atoms with van der Waals surface area (Å²) in [6, 6.07) is 2.37. The van der Waals surface area contributed by atoms with E-state index in [4.69, 9.17) is 5.73 Å². The minimum Gasteiger partial charge on any atom is -0.377 e. The molecule has 0 aromatic heterocycles. The Hall–Kier alpha value is -2.55. The van der Waals surface area contributed by atoms with Gasteiger partial charge in [-0.15, -0.1) is 0 Å². The van der Waals surface area contributed by atoms with Crippen LogP contribution in [0.5, 0.6) is 0 Å². The summed E-state index contributed by atoms with van der Waals surface area (Å²) in [5.41, 5.74) is 4.56. The molecule has 9 heteroatoms. The van der Waals surface area contributed by atoms with Crippen LogP contribution in [-0.4, -0.2) is 28.7 Å². The van der Waals surface area contributed by atoms with E-state index in [2.05, 4.69) is 5.32 Å². The largest absolute Gasteiger partial charge is 0.377 e. The number of benzene rings is 1. The van der Waals surface area contributed by atoms with Crippen LogP contribution >= 0.6 is 0 Å². The van der Waals surface area contributed by atoms with Crippen LogP contribution in [0.2, 0.25) is 0 Å². The maximum Gasteiger partial charge on any atom is 0.299 e. The molecule has 96 valence electrons. The SMILES string of the molecule is NC(C=O)CNc1ccc([N+](=O)[O-])cc1[N+](=O)[O-]. The minimum absolute atomic E-state index is 0.00213. The first-order valence-corrected chi connectivity index (χ1v) is 4.83. The molecule has 18 heavy (non-hydrogen) atoms. The van der Waals surface area contributed by atoms with Gasteiger partial charge in [0.1, 0.15) is 12.0 Å². The molecule has 0 spiro atoms. The molecule has 0 aliphatic rings. The van der Waals surface area contributed by atoms with Crippen LogP contribution < -0.4 is 11.1 Å². The van der Waals surface area contributed by atoms with Crippen molar-refractivity contribution in [3.8, 4) is 0 Å². The number of non-ortho nitro benzene ring substituents is 1. The summed E-state index contributed by atoms with van der Waals surface area (Å²) in [6.45, 7) is 0.00213. The fourth-order valence-electron chi connectivity index (χ4n) is 1.21. The number of nitro benzene ring substituents is 2. The predicted molar refractivity (Wildman–Crippen MR) is 62.3 cm³/mol. The number of nitro groups is 2. The lowest BCUT2D eigenvalue weighted by molar-refractivity contribution is -0.393. The van der Waals surface area contributed by atoms with E-state index in [0.717, 1.165) is 12.1 Å². The molecule has 3 N–H and O–H groups in total. The lowest BCUT2D eigenvalue weighted by Gasteiger charge is -2.08. The monoisotopic (exact) mass is 254 g/mol. The number of hydrogen-bond donors (Lipinski definition) is 2. The van der Waals surface area contributed by atoms with E-state index < -0.39 is 21.6 Å². The zero-order valence-corrected chi connectivity index (χ0v) is 9.11. The van der Waals surface area contributed by atoms with E-state index in [-0.39, 0.29) is 17.9 Å². The quantitative estimate of drug-likeness (QED) is 0.426. The van der Waals surface area contributed by atoms with Crippen LogP contribution in [0.4, 0.5) is 17.1 Å². The minimum atomic E-state index is -0.806. The topological polar surface area (TPSA) is 141 Å². The summed E-state index contributed by atoms with van der Waals surface area (Å²) < 4.78 is 0. The van der Waals surface area contributed by atoms with E-state index in [9.17, 15) is 25.0 Å². The second-order valence-corrected chi connectivity index (χ2v) is 3.40. The van der Waals surface area contributed by atoms with Gasteiger partial charge in [-0.2, -0.15) is 0 Å². The number of hydrogen-bond acceptors (Lipinski definition) is 7. The normalized spacial score (nSPS) is 11.6. The Morgan fingerprint density at radius 2 is 2.00 bits per heavy atom. The van der Waals surface area contributed by atoms with Gasteiger partial charge in [0.2, 0.25) is 0 Å². The molecule has 0 radical (unpaired) electrons. The number of carbonyl (C=O) groups is 1. The average molecular weight is 254 g/mol. The van der Waals surface area contributed by atoms with Crippen LogP contribution in [0.25, 0.3) is 0 Å². The summed E-state index contributed by atoms with van der Waals surface area (Å²) in [4.78, 5) is 30.1. The van der Waals surface area contributed by atoms with Crippen LogP contribution in [0.15, 0.2) is 18.2 Å². The number of anilines is 1. The van der Waals surface area contributed by atoms with E-state index in [1.54, 1.807) is 0 Å². The second kappa shape index (κ2) is 5.68. The third-order valence-electron chi connectivity index (χ3n) is 2.09. The Balaban J connectivity index is 3.00. The average Bonchev–Trinajstić information content (AvgIpc) is 2.35. The van der Waals surface area contributed by atoms with Crippen molar-refractivity contribution in [2.45, 2.75) is 6.04 Å². The molecular weight excluding hydrogens is 244 g/mol. The first-order chi connectivity index (χ1) is 8.45. The molecule has 1 aromatic rings. The molecular formula is C9H10N4O5. The summed E-state index contributed by atoms with van der Waals surface area (Å²) in [5, 5.41) is 23.8. The highest BCUT2D eigenvalue weighted by atomic mass is 16.6. The molecule has 0 aliphatic carbocycles. The van der Waals surface area contributed by atoms with Gasteiger partial charge in [-0.25, -0.2) is 0 Å². The first kappa shape index (κ1) is 13.5. The summed E-state index contributed by atoms with van der Waals surface area (Å²) >= 11 is 0. The summed E-state index contributed by atoms with van der Waals surface area (Å²) in [6.07, 6.45) is 0.490. The van der Waals surface area contributed by atoms with E-state index >= 15 is 0 Å². The van der Waals surface area contributed by atoms with E-state index in [0.29, 0.717) is 6.29 Å². The number of nitrogens with zero attached hydrogens (tertiary/aromatic N) is 2. The fourth-order valence-corrected chi connectivity index (χ4v) is 1.21. The maximum absolute atomic E-state index is 10.8. The first-order valence-electron chi connectivity index (χ1n) is 4.83. The third kappa shape index (κ3) is 3.22. The van der Waals surface area contributed by atoms with Crippen LogP contribution in [0.3, 0.4) is 0 Å². The predicted octanol–water partition coefficient (Wildman–Crippen LogP) is 0.441. The van der Waals surface area contributed by atoms with Gasteiger partial charge >= 0.3 is 0 Å². The molecule has 0 bridgehead atoms. The Morgan fingerprint density at radius 1 is 1.33 bits per heavy atom. The zero-order chi connectivity index (χ0) is 13.7. The summed E-state index contributed by atoms with van der Waals surface area (Å²) in [7, 11) is 0. The van der Waals surface area contributed by atoms with Crippen molar-refractivity contribution in [2.24, 2.45) is 5.73 Å². The highest BCUT2D eigenvalue weighted by molar-refractivity contribution is 5.66. The Morgan fingerprint density at radius 3 is 2.50 bits per heavy atom. The molecule has 9 nitrogen and oxygen atoms in total. The zero-order valence-electron chi connectivity index (χ0n) is 9.11. The fraction of sp³-hybridized carbons (Fsp3) is 0.222. The standard InChI is InChI=1S/C9H10N4O5/c10-6(5-14)4-11-8-2-1-7(12(15)16)3-9(8)13(17)18/h1-3,5-6,11H,4,10H2. The lowest BCUT2D eigenvalue weighted by Crippen LogP contribution is -2.30. The van der Waals surface area contributed by atoms with Crippen molar-refractivity contribution in [3.63, 3.8) is 0 Å². The number of rotatable bonds is 6. The molecule has 0 saturated carbocycles. The van der Waals surface area contributed by atoms with Gasteiger partial charge in [-0.05, 0) is 6.07 Å². The van der Waals surface area contributed by atoms with E-state index in [1.165, 1.54) is 6.07 Å². The van der Waals surface area contributed by atoms with Gasteiger partial charge in [-0.1, -0.05) is 0 Å². The van der Waals surface area contributed by atoms with Crippen molar-refractivity contribution in [3.05, 3.63) is 38.4 Å². The van der Waals surface area contributed by atoms with Crippen molar-refractivity contribution in [1.82, 2.24) is 0 Å². The van der Waals surface area contributed by atoms with Crippen LogP contribution in [0, 0.1) is 20.2 Å².